The largest absolute Gasteiger partial charge is 0.289 e. The molecule has 2 heteroatoms. The minimum absolute atomic E-state index is 0.0219. The molecular weight excluding hydrogens is 232 g/mol. The van der Waals surface area contributed by atoms with Crippen LogP contribution in [0.25, 0.3) is 0 Å². The van der Waals surface area contributed by atoms with E-state index in [0.717, 1.165) is 11.1 Å². The van der Waals surface area contributed by atoms with E-state index in [1.165, 1.54) is 0 Å². The summed E-state index contributed by atoms with van der Waals surface area (Å²) in [5.41, 5.74) is 3.29. The first-order valence-electron chi connectivity index (χ1n) is 5.46. The molecule has 0 saturated heterocycles. The van der Waals surface area contributed by atoms with Crippen LogP contribution in [0.4, 0.5) is 0 Å². The van der Waals surface area contributed by atoms with Crippen LogP contribution in [-0.4, -0.2) is 5.78 Å². The summed E-state index contributed by atoms with van der Waals surface area (Å²) < 4.78 is 0. The Morgan fingerprint density at radius 3 is 2.47 bits per heavy atom. The van der Waals surface area contributed by atoms with Gasteiger partial charge in [-0.2, -0.15) is 0 Å². The molecule has 86 valence electrons. The van der Waals surface area contributed by atoms with Crippen molar-refractivity contribution in [2.75, 3.05) is 0 Å². The zero-order chi connectivity index (χ0) is 12.4. The summed E-state index contributed by atoms with van der Waals surface area (Å²) in [6.45, 7) is 3.84. The maximum atomic E-state index is 12.3. The van der Waals surface area contributed by atoms with Crippen molar-refractivity contribution in [2.45, 2.75) is 13.8 Å². The van der Waals surface area contributed by atoms with Gasteiger partial charge in [0.25, 0.3) is 0 Å². The molecule has 0 radical (unpaired) electrons. The Balaban J connectivity index is 2.48. The molecule has 0 heterocycles. The van der Waals surface area contributed by atoms with Gasteiger partial charge < -0.3 is 0 Å². The predicted molar refractivity (Wildman–Crippen MR) is 70.8 cm³/mol. The fourth-order valence-electron chi connectivity index (χ4n) is 1.80. The Morgan fingerprint density at radius 2 is 1.76 bits per heavy atom. The van der Waals surface area contributed by atoms with Crippen molar-refractivity contribution in [1.29, 1.82) is 0 Å². The minimum Gasteiger partial charge on any atom is -0.289 e. The molecule has 0 unspecified atom stereocenters. The third-order valence-corrected chi connectivity index (χ3v) is 3.20. The first-order valence-corrected chi connectivity index (χ1v) is 5.84. The number of aryl methyl sites for hydroxylation is 1. The molecule has 2 aromatic rings. The van der Waals surface area contributed by atoms with E-state index in [1.807, 2.05) is 44.2 Å². The summed E-state index contributed by atoms with van der Waals surface area (Å²) in [6.07, 6.45) is 0. The number of carbonyl (C=O) groups excluding carboxylic acids is 1. The van der Waals surface area contributed by atoms with Crippen molar-refractivity contribution < 1.29 is 4.79 Å². The van der Waals surface area contributed by atoms with E-state index < -0.39 is 0 Å². The molecule has 2 rings (SSSR count). The second-order valence-electron chi connectivity index (χ2n) is 4.11. The molecule has 0 aliphatic heterocycles. The number of hydrogen-bond donors (Lipinski definition) is 0. The summed E-state index contributed by atoms with van der Waals surface area (Å²) >= 11 is 6.02. The SMILES string of the molecule is Cc1cccc(C(=O)c2cccc(Cl)c2C)c1. The maximum Gasteiger partial charge on any atom is 0.193 e. The lowest BCUT2D eigenvalue weighted by Crippen LogP contribution is -2.04. The average molecular weight is 245 g/mol. The van der Waals surface area contributed by atoms with E-state index in [1.54, 1.807) is 12.1 Å². The van der Waals surface area contributed by atoms with Gasteiger partial charge in [-0.05, 0) is 31.5 Å². The van der Waals surface area contributed by atoms with Gasteiger partial charge in [-0.25, -0.2) is 0 Å². The topological polar surface area (TPSA) is 17.1 Å². The van der Waals surface area contributed by atoms with Gasteiger partial charge in [-0.15, -0.1) is 0 Å². The van der Waals surface area contributed by atoms with Crippen molar-refractivity contribution in [3.63, 3.8) is 0 Å². The highest BCUT2D eigenvalue weighted by Gasteiger charge is 2.12. The fraction of sp³-hybridized carbons (Fsp3) is 0.133. The Morgan fingerprint density at radius 1 is 1.06 bits per heavy atom. The Labute approximate surface area is 106 Å². The van der Waals surface area contributed by atoms with Crippen LogP contribution in [0.2, 0.25) is 5.02 Å². The molecule has 0 spiro atoms. The van der Waals surface area contributed by atoms with Gasteiger partial charge >= 0.3 is 0 Å². The third kappa shape index (κ3) is 2.40. The number of hydrogen-bond acceptors (Lipinski definition) is 1. The van der Waals surface area contributed by atoms with Crippen molar-refractivity contribution in [3.8, 4) is 0 Å². The first kappa shape index (κ1) is 11.9. The number of halogens is 1. The Kier molecular flexibility index (Phi) is 3.30. The van der Waals surface area contributed by atoms with E-state index in [9.17, 15) is 4.79 Å². The molecule has 0 saturated carbocycles. The van der Waals surface area contributed by atoms with Gasteiger partial charge in [0.15, 0.2) is 5.78 Å². The van der Waals surface area contributed by atoms with Crippen LogP contribution in [-0.2, 0) is 0 Å². The monoisotopic (exact) mass is 244 g/mol. The number of rotatable bonds is 2. The molecule has 0 amide bonds. The number of carbonyl (C=O) groups is 1. The lowest BCUT2D eigenvalue weighted by Gasteiger charge is -2.07. The van der Waals surface area contributed by atoms with E-state index >= 15 is 0 Å². The van der Waals surface area contributed by atoms with Crippen LogP contribution in [0.1, 0.15) is 27.0 Å². The minimum atomic E-state index is 0.0219. The highest BCUT2D eigenvalue weighted by Crippen LogP contribution is 2.21. The number of benzene rings is 2. The van der Waals surface area contributed by atoms with Gasteiger partial charge in [-0.1, -0.05) is 47.5 Å². The summed E-state index contributed by atoms with van der Waals surface area (Å²) in [5, 5.41) is 0.628. The summed E-state index contributed by atoms with van der Waals surface area (Å²) in [4.78, 5) is 12.3. The molecule has 1 nitrogen and oxygen atoms in total. The zero-order valence-electron chi connectivity index (χ0n) is 9.83. The van der Waals surface area contributed by atoms with Gasteiger partial charge in [0.05, 0.1) is 0 Å². The molecule has 0 aliphatic rings. The molecule has 0 N–H and O–H groups in total. The van der Waals surface area contributed by atoms with E-state index in [4.69, 9.17) is 11.6 Å². The molecule has 0 aromatic heterocycles. The van der Waals surface area contributed by atoms with Crippen LogP contribution in [0.3, 0.4) is 0 Å². The van der Waals surface area contributed by atoms with Crippen molar-refractivity contribution >= 4 is 17.4 Å². The van der Waals surface area contributed by atoms with Crippen LogP contribution < -0.4 is 0 Å². The van der Waals surface area contributed by atoms with E-state index in [-0.39, 0.29) is 5.78 Å². The predicted octanol–water partition coefficient (Wildman–Crippen LogP) is 4.19. The molecular formula is C15H13ClO. The number of ketones is 1. The quantitative estimate of drug-likeness (QED) is 0.724. The summed E-state index contributed by atoms with van der Waals surface area (Å²) in [5.74, 6) is 0.0219. The molecule has 2 aromatic carbocycles. The van der Waals surface area contributed by atoms with Crippen molar-refractivity contribution in [2.24, 2.45) is 0 Å². The fourth-order valence-corrected chi connectivity index (χ4v) is 1.97. The van der Waals surface area contributed by atoms with Crippen LogP contribution >= 0.6 is 11.6 Å². The van der Waals surface area contributed by atoms with Gasteiger partial charge in [0.1, 0.15) is 0 Å². The van der Waals surface area contributed by atoms with E-state index in [0.29, 0.717) is 16.1 Å². The summed E-state index contributed by atoms with van der Waals surface area (Å²) in [6, 6.07) is 13.0. The highest BCUT2D eigenvalue weighted by atomic mass is 35.5. The van der Waals surface area contributed by atoms with Crippen LogP contribution in [0.15, 0.2) is 42.5 Å². The third-order valence-electron chi connectivity index (χ3n) is 2.79. The first-order chi connectivity index (χ1) is 8.09. The molecule has 0 bridgehead atoms. The molecule has 0 atom stereocenters. The normalized spacial score (nSPS) is 10.3. The zero-order valence-corrected chi connectivity index (χ0v) is 10.6. The lowest BCUT2D eigenvalue weighted by atomic mass is 9.98. The highest BCUT2D eigenvalue weighted by molar-refractivity contribution is 6.32. The molecule has 0 aliphatic carbocycles. The molecule has 0 fully saturated rings. The molecule has 17 heavy (non-hydrogen) atoms. The van der Waals surface area contributed by atoms with Gasteiger partial charge in [0.2, 0.25) is 0 Å². The Hall–Kier alpha value is -1.60. The Bertz CT molecular complexity index is 573. The van der Waals surface area contributed by atoms with Crippen LogP contribution in [0, 0.1) is 13.8 Å². The van der Waals surface area contributed by atoms with Gasteiger partial charge in [0, 0.05) is 16.1 Å². The summed E-state index contributed by atoms with van der Waals surface area (Å²) in [7, 11) is 0. The van der Waals surface area contributed by atoms with Crippen molar-refractivity contribution in [1.82, 2.24) is 0 Å². The standard InChI is InChI=1S/C15H13ClO/c1-10-5-3-6-12(9-10)15(17)13-7-4-8-14(16)11(13)2/h3-9H,1-2H3. The second kappa shape index (κ2) is 4.72. The van der Waals surface area contributed by atoms with Crippen LogP contribution in [0.5, 0.6) is 0 Å². The maximum absolute atomic E-state index is 12.3. The van der Waals surface area contributed by atoms with E-state index in [2.05, 4.69) is 0 Å². The smallest absolute Gasteiger partial charge is 0.193 e. The van der Waals surface area contributed by atoms with Gasteiger partial charge in [-0.3, -0.25) is 4.79 Å². The average Bonchev–Trinajstić information content (AvgIpc) is 2.32. The van der Waals surface area contributed by atoms with Crippen molar-refractivity contribution in [3.05, 3.63) is 69.7 Å². The lowest BCUT2D eigenvalue weighted by molar-refractivity contribution is 0.103. The second-order valence-corrected chi connectivity index (χ2v) is 4.52.